The average molecular weight is 264 g/mol. The number of hydrogen-bond acceptors (Lipinski definition) is 2. The molecule has 1 aliphatic heterocycles. The highest BCUT2D eigenvalue weighted by atomic mass is 19.4. The summed E-state index contributed by atoms with van der Waals surface area (Å²) in [4.78, 5) is 11.7. The predicted molar refractivity (Wildman–Crippen MR) is 44.8 cm³/mol. The molecule has 0 saturated carbocycles. The highest BCUT2D eigenvalue weighted by Gasteiger charge is 2.62. The maximum absolute atomic E-state index is 12.2. The van der Waals surface area contributed by atoms with Crippen molar-refractivity contribution in [2.24, 2.45) is 11.7 Å². The molecular formula is C8H10F6N2O. The van der Waals surface area contributed by atoms with Gasteiger partial charge in [-0.25, -0.2) is 0 Å². The summed E-state index contributed by atoms with van der Waals surface area (Å²) in [6.07, 6.45) is -11.1. The number of nitrogens with two attached hydrogens (primary N) is 1. The second-order valence-corrected chi connectivity index (χ2v) is 3.85. The summed E-state index contributed by atoms with van der Waals surface area (Å²) in [5, 5.41) is 0. The summed E-state index contributed by atoms with van der Waals surface area (Å²) >= 11 is 0. The Morgan fingerprint density at radius 1 is 1.18 bits per heavy atom. The van der Waals surface area contributed by atoms with Crippen molar-refractivity contribution in [2.45, 2.75) is 24.8 Å². The Kier molecular flexibility index (Phi) is 3.60. The number of hydrogen-bond donors (Lipinski definition) is 1. The SMILES string of the molecule is NC1CCN(C(=O)C(C(F)(F)F)C(F)(F)F)C1. The summed E-state index contributed by atoms with van der Waals surface area (Å²) < 4.78 is 73.3. The minimum absolute atomic E-state index is 0.178. The molecule has 1 heterocycles. The highest BCUT2D eigenvalue weighted by Crippen LogP contribution is 2.40. The minimum Gasteiger partial charge on any atom is -0.340 e. The van der Waals surface area contributed by atoms with E-state index in [1.165, 1.54) is 0 Å². The quantitative estimate of drug-likeness (QED) is 0.725. The first-order valence-electron chi connectivity index (χ1n) is 4.71. The molecule has 2 N–H and O–H groups in total. The van der Waals surface area contributed by atoms with E-state index in [4.69, 9.17) is 5.73 Å². The fourth-order valence-electron chi connectivity index (χ4n) is 1.64. The van der Waals surface area contributed by atoms with E-state index in [0.29, 0.717) is 4.90 Å². The largest absolute Gasteiger partial charge is 0.409 e. The molecule has 1 amide bonds. The smallest absolute Gasteiger partial charge is 0.340 e. The van der Waals surface area contributed by atoms with E-state index in [1.807, 2.05) is 0 Å². The molecule has 9 heteroatoms. The Hall–Kier alpha value is -0.990. The fourth-order valence-corrected chi connectivity index (χ4v) is 1.64. The number of likely N-dealkylation sites (tertiary alicyclic amines) is 1. The van der Waals surface area contributed by atoms with Crippen LogP contribution >= 0.6 is 0 Å². The summed E-state index contributed by atoms with van der Waals surface area (Å²) in [5.74, 6) is -5.93. The molecule has 1 fully saturated rings. The third-order valence-corrected chi connectivity index (χ3v) is 2.44. The lowest BCUT2D eigenvalue weighted by Crippen LogP contribution is -2.49. The summed E-state index contributed by atoms with van der Waals surface area (Å²) in [5.41, 5.74) is 5.32. The van der Waals surface area contributed by atoms with Crippen molar-refractivity contribution >= 4 is 5.91 Å². The molecule has 3 nitrogen and oxygen atoms in total. The van der Waals surface area contributed by atoms with Gasteiger partial charge in [-0.3, -0.25) is 4.79 Å². The first kappa shape index (κ1) is 14.1. The summed E-state index contributed by atoms with van der Waals surface area (Å²) in [7, 11) is 0. The van der Waals surface area contributed by atoms with E-state index in [0.717, 1.165) is 0 Å². The van der Waals surface area contributed by atoms with Gasteiger partial charge in [0.1, 0.15) is 0 Å². The third kappa shape index (κ3) is 3.24. The minimum atomic E-state index is -5.64. The average Bonchev–Trinajstić information content (AvgIpc) is 2.45. The molecule has 1 aliphatic rings. The van der Waals surface area contributed by atoms with Crippen LogP contribution < -0.4 is 5.73 Å². The van der Waals surface area contributed by atoms with Crippen molar-refractivity contribution in [3.63, 3.8) is 0 Å². The van der Waals surface area contributed by atoms with E-state index in [1.54, 1.807) is 0 Å². The van der Waals surface area contributed by atoms with E-state index >= 15 is 0 Å². The molecule has 1 unspecified atom stereocenters. The Balaban J connectivity index is 2.89. The number of carbonyl (C=O) groups excluding carboxylic acids is 1. The molecule has 0 radical (unpaired) electrons. The Bertz CT molecular complexity index is 285. The second-order valence-electron chi connectivity index (χ2n) is 3.85. The second kappa shape index (κ2) is 4.35. The Morgan fingerprint density at radius 3 is 1.94 bits per heavy atom. The molecule has 100 valence electrons. The summed E-state index contributed by atoms with van der Waals surface area (Å²) in [6.45, 7) is -0.454. The molecular weight excluding hydrogens is 254 g/mol. The fraction of sp³-hybridized carbons (Fsp3) is 0.875. The van der Waals surface area contributed by atoms with Crippen LogP contribution in [0.5, 0.6) is 0 Å². The van der Waals surface area contributed by atoms with Crippen LogP contribution in [0.1, 0.15) is 6.42 Å². The molecule has 0 spiro atoms. The van der Waals surface area contributed by atoms with E-state index < -0.39 is 30.2 Å². The topological polar surface area (TPSA) is 46.3 Å². The molecule has 0 bridgehead atoms. The molecule has 17 heavy (non-hydrogen) atoms. The number of alkyl halides is 6. The lowest BCUT2D eigenvalue weighted by molar-refractivity contribution is -0.277. The van der Waals surface area contributed by atoms with Gasteiger partial charge in [0.25, 0.3) is 0 Å². The van der Waals surface area contributed by atoms with Crippen LogP contribution in [0.2, 0.25) is 0 Å². The van der Waals surface area contributed by atoms with Crippen molar-refractivity contribution in [1.29, 1.82) is 0 Å². The molecule has 1 saturated heterocycles. The molecule has 0 aromatic rings. The van der Waals surface area contributed by atoms with Crippen molar-refractivity contribution in [2.75, 3.05) is 13.1 Å². The number of rotatable bonds is 1. The van der Waals surface area contributed by atoms with Crippen LogP contribution in [0.25, 0.3) is 0 Å². The van der Waals surface area contributed by atoms with Crippen molar-refractivity contribution in [3.8, 4) is 0 Å². The van der Waals surface area contributed by atoms with Gasteiger partial charge >= 0.3 is 12.4 Å². The molecule has 1 atom stereocenters. The van der Waals surface area contributed by atoms with Crippen molar-refractivity contribution in [3.05, 3.63) is 0 Å². The monoisotopic (exact) mass is 264 g/mol. The molecule has 0 aliphatic carbocycles. The maximum atomic E-state index is 12.2. The van der Waals surface area contributed by atoms with Gasteiger partial charge in [0.15, 0.2) is 0 Å². The van der Waals surface area contributed by atoms with Crippen LogP contribution in [0.4, 0.5) is 26.3 Å². The molecule has 1 rings (SSSR count). The van der Waals surface area contributed by atoms with Gasteiger partial charge in [-0.2, -0.15) is 26.3 Å². The lowest BCUT2D eigenvalue weighted by Gasteiger charge is -2.26. The summed E-state index contributed by atoms with van der Waals surface area (Å²) in [6, 6.07) is -0.568. The maximum Gasteiger partial charge on any atom is 0.409 e. The van der Waals surface area contributed by atoms with Gasteiger partial charge in [-0.15, -0.1) is 0 Å². The number of carbonyl (C=O) groups is 1. The number of halogens is 6. The van der Waals surface area contributed by atoms with Gasteiger partial charge in [-0.05, 0) is 6.42 Å². The molecule has 0 aromatic carbocycles. The number of nitrogens with zero attached hydrogens (tertiary/aromatic N) is 1. The predicted octanol–water partition coefficient (Wildman–Crippen LogP) is 1.29. The Labute approximate surface area is 92.5 Å². The number of amides is 1. The first-order chi connectivity index (χ1) is 7.53. The first-order valence-corrected chi connectivity index (χ1v) is 4.71. The molecule has 0 aromatic heterocycles. The lowest BCUT2D eigenvalue weighted by atomic mass is 10.1. The van der Waals surface area contributed by atoms with Gasteiger partial charge in [0.05, 0.1) is 0 Å². The zero-order chi connectivity index (χ0) is 13.4. The zero-order valence-corrected chi connectivity index (χ0v) is 8.48. The van der Waals surface area contributed by atoms with Crippen LogP contribution in [0, 0.1) is 5.92 Å². The Morgan fingerprint density at radius 2 is 1.65 bits per heavy atom. The normalized spacial score (nSPS) is 22.4. The van der Waals surface area contributed by atoms with Gasteiger partial charge in [0.2, 0.25) is 11.8 Å². The standard InChI is InChI=1S/C8H10F6N2O/c9-7(10,11)5(8(12,13)14)6(17)16-2-1-4(15)3-16/h4-5H,1-3,15H2. The van der Waals surface area contributed by atoms with E-state index in [-0.39, 0.29) is 19.5 Å². The van der Waals surface area contributed by atoms with Gasteiger partial charge in [-0.1, -0.05) is 0 Å². The van der Waals surface area contributed by atoms with Crippen molar-refractivity contribution in [1.82, 2.24) is 4.90 Å². The third-order valence-electron chi connectivity index (χ3n) is 2.44. The van der Waals surface area contributed by atoms with Crippen LogP contribution in [-0.4, -0.2) is 42.3 Å². The van der Waals surface area contributed by atoms with Gasteiger partial charge < -0.3 is 10.6 Å². The highest BCUT2D eigenvalue weighted by molar-refractivity contribution is 5.80. The van der Waals surface area contributed by atoms with Crippen LogP contribution in [-0.2, 0) is 4.79 Å². The van der Waals surface area contributed by atoms with Gasteiger partial charge in [0, 0.05) is 19.1 Å². The van der Waals surface area contributed by atoms with Crippen LogP contribution in [0.15, 0.2) is 0 Å². The zero-order valence-electron chi connectivity index (χ0n) is 8.48. The van der Waals surface area contributed by atoms with E-state index in [2.05, 4.69) is 0 Å². The van der Waals surface area contributed by atoms with E-state index in [9.17, 15) is 31.1 Å². The van der Waals surface area contributed by atoms with Crippen LogP contribution in [0.3, 0.4) is 0 Å². The van der Waals surface area contributed by atoms with Crippen molar-refractivity contribution < 1.29 is 31.1 Å².